The molecule has 2 heterocycles. The normalized spacial score (nSPS) is 25.9. The second-order valence-electron chi connectivity index (χ2n) is 5.53. The van der Waals surface area contributed by atoms with Crippen LogP contribution in [0, 0.1) is 5.92 Å². The molecule has 0 amide bonds. The molecule has 2 fully saturated rings. The number of nitrogens with one attached hydrogen (secondary N) is 1. The highest BCUT2D eigenvalue weighted by Crippen LogP contribution is 2.39. The SMILES string of the molecule is CCCNCc1cnc(N2CC3CCC2C3)cn1. The van der Waals surface area contributed by atoms with Gasteiger partial charge in [0.2, 0.25) is 0 Å². The van der Waals surface area contributed by atoms with Crippen LogP contribution in [-0.2, 0) is 6.54 Å². The minimum absolute atomic E-state index is 0.730. The van der Waals surface area contributed by atoms with Crippen molar-refractivity contribution < 1.29 is 0 Å². The number of aromatic nitrogens is 2. The quantitative estimate of drug-likeness (QED) is 0.806. The van der Waals surface area contributed by atoms with E-state index >= 15 is 0 Å². The number of rotatable bonds is 5. The Morgan fingerprint density at radius 3 is 2.89 bits per heavy atom. The van der Waals surface area contributed by atoms with Gasteiger partial charge < -0.3 is 10.2 Å². The molecule has 3 rings (SSSR count). The summed E-state index contributed by atoms with van der Waals surface area (Å²) >= 11 is 0. The molecule has 1 N–H and O–H groups in total. The standard InChI is InChI=1S/C14H22N4/c1-2-5-15-7-12-8-17-14(9-16-12)18-10-11-3-4-13(18)6-11/h8-9,11,13,15H,2-7,10H2,1H3. The number of hydrogen-bond acceptors (Lipinski definition) is 4. The van der Waals surface area contributed by atoms with Gasteiger partial charge in [0.25, 0.3) is 0 Å². The third-order valence-corrected chi connectivity index (χ3v) is 4.13. The second kappa shape index (κ2) is 5.22. The van der Waals surface area contributed by atoms with E-state index in [4.69, 9.17) is 0 Å². The number of piperidine rings is 1. The summed E-state index contributed by atoms with van der Waals surface area (Å²) in [6, 6.07) is 0.730. The Morgan fingerprint density at radius 1 is 1.33 bits per heavy atom. The van der Waals surface area contributed by atoms with Crippen LogP contribution < -0.4 is 10.2 Å². The van der Waals surface area contributed by atoms with Crippen molar-refractivity contribution in [3.63, 3.8) is 0 Å². The van der Waals surface area contributed by atoms with Crippen molar-refractivity contribution in [3.8, 4) is 0 Å². The minimum Gasteiger partial charge on any atom is -0.352 e. The Morgan fingerprint density at radius 2 is 2.28 bits per heavy atom. The first-order valence-corrected chi connectivity index (χ1v) is 7.15. The highest BCUT2D eigenvalue weighted by Gasteiger charge is 2.38. The molecule has 98 valence electrons. The first-order valence-electron chi connectivity index (χ1n) is 7.15. The summed E-state index contributed by atoms with van der Waals surface area (Å²) in [7, 11) is 0. The van der Waals surface area contributed by atoms with Crippen LogP contribution in [0.3, 0.4) is 0 Å². The molecular weight excluding hydrogens is 224 g/mol. The fourth-order valence-corrected chi connectivity index (χ4v) is 3.19. The van der Waals surface area contributed by atoms with Crippen molar-refractivity contribution in [2.24, 2.45) is 5.92 Å². The average Bonchev–Trinajstić information content (AvgIpc) is 3.02. The molecule has 2 bridgehead atoms. The van der Waals surface area contributed by atoms with Crippen LogP contribution in [0.5, 0.6) is 0 Å². The summed E-state index contributed by atoms with van der Waals surface area (Å²) in [5.74, 6) is 1.98. The summed E-state index contributed by atoms with van der Waals surface area (Å²) in [6.45, 7) is 5.23. The summed E-state index contributed by atoms with van der Waals surface area (Å²) in [6.07, 6.45) is 9.14. The predicted octanol–water partition coefficient (Wildman–Crippen LogP) is 1.96. The van der Waals surface area contributed by atoms with Gasteiger partial charge >= 0.3 is 0 Å². The summed E-state index contributed by atoms with van der Waals surface area (Å²) in [5.41, 5.74) is 1.04. The molecule has 1 aliphatic carbocycles. The van der Waals surface area contributed by atoms with Gasteiger partial charge in [0, 0.05) is 19.1 Å². The lowest BCUT2D eigenvalue weighted by molar-refractivity contribution is 0.549. The van der Waals surface area contributed by atoms with Gasteiger partial charge in [-0.25, -0.2) is 4.98 Å². The molecule has 1 aliphatic heterocycles. The predicted molar refractivity (Wildman–Crippen MR) is 72.5 cm³/mol. The fourth-order valence-electron chi connectivity index (χ4n) is 3.19. The lowest BCUT2D eigenvalue weighted by atomic mass is 10.1. The monoisotopic (exact) mass is 246 g/mol. The summed E-state index contributed by atoms with van der Waals surface area (Å²) in [4.78, 5) is 11.5. The zero-order valence-electron chi connectivity index (χ0n) is 11.1. The molecule has 2 unspecified atom stereocenters. The summed E-state index contributed by atoms with van der Waals surface area (Å²) < 4.78 is 0. The first kappa shape index (κ1) is 11.9. The van der Waals surface area contributed by atoms with Crippen LogP contribution in [-0.4, -0.2) is 29.1 Å². The van der Waals surface area contributed by atoms with Crippen LogP contribution in [0.4, 0.5) is 5.82 Å². The Balaban J connectivity index is 1.61. The van der Waals surface area contributed by atoms with Gasteiger partial charge in [-0.1, -0.05) is 6.92 Å². The molecule has 2 aliphatic rings. The zero-order valence-corrected chi connectivity index (χ0v) is 11.1. The Hall–Kier alpha value is -1.16. The molecule has 1 aromatic heterocycles. The van der Waals surface area contributed by atoms with Crippen molar-refractivity contribution in [2.75, 3.05) is 18.0 Å². The molecule has 0 spiro atoms. The highest BCUT2D eigenvalue weighted by molar-refractivity contribution is 5.40. The van der Waals surface area contributed by atoms with Crippen molar-refractivity contribution >= 4 is 5.82 Å². The molecule has 1 aromatic rings. The third-order valence-electron chi connectivity index (χ3n) is 4.13. The molecular formula is C14H22N4. The molecule has 4 nitrogen and oxygen atoms in total. The number of fused-ring (bicyclic) bond motifs is 2. The maximum absolute atomic E-state index is 4.58. The van der Waals surface area contributed by atoms with E-state index in [1.807, 2.05) is 12.4 Å². The number of anilines is 1. The van der Waals surface area contributed by atoms with E-state index in [2.05, 4.69) is 27.1 Å². The van der Waals surface area contributed by atoms with E-state index in [0.717, 1.165) is 43.0 Å². The molecule has 2 atom stereocenters. The lowest BCUT2D eigenvalue weighted by Gasteiger charge is -2.27. The maximum Gasteiger partial charge on any atom is 0.147 e. The van der Waals surface area contributed by atoms with E-state index in [-0.39, 0.29) is 0 Å². The van der Waals surface area contributed by atoms with Gasteiger partial charge in [-0.05, 0) is 38.1 Å². The smallest absolute Gasteiger partial charge is 0.147 e. The number of nitrogens with zero attached hydrogens (tertiary/aromatic N) is 3. The fraction of sp³-hybridized carbons (Fsp3) is 0.714. The largest absolute Gasteiger partial charge is 0.352 e. The van der Waals surface area contributed by atoms with Gasteiger partial charge in [0.05, 0.1) is 18.1 Å². The minimum atomic E-state index is 0.730. The van der Waals surface area contributed by atoms with Crippen molar-refractivity contribution in [1.29, 1.82) is 0 Å². The molecule has 18 heavy (non-hydrogen) atoms. The third kappa shape index (κ3) is 2.34. The van der Waals surface area contributed by atoms with Crippen molar-refractivity contribution in [2.45, 2.75) is 45.2 Å². The van der Waals surface area contributed by atoms with Gasteiger partial charge in [0.1, 0.15) is 5.82 Å². The van der Waals surface area contributed by atoms with Gasteiger partial charge in [-0.2, -0.15) is 0 Å². The maximum atomic E-state index is 4.58. The Labute approximate surface area is 109 Å². The average molecular weight is 246 g/mol. The molecule has 0 aromatic carbocycles. The Bertz CT molecular complexity index is 389. The van der Waals surface area contributed by atoms with Gasteiger partial charge in [-0.3, -0.25) is 4.98 Å². The van der Waals surface area contributed by atoms with Crippen molar-refractivity contribution in [1.82, 2.24) is 15.3 Å². The van der Waals surface area contributed by atoms with E-state index < -0.39 is 0 Å². The molecule has 1 saturated heterocycles. The van der Waals surface area contributed by atoms with E-state index in [1.165, 1.54) is 25.8 Å². The van der Waals surface area contributed by atoms with E-state index in [1.54, 1.807) is 0 Å². The number of hydrogen-bond donors (Lipinski definition) is 1. The second-order valence-corrected chi connectivity index (χ2v) is 5.53. The van der Waals surface area contributed by atoms with Crippen LogP contribution >= 0.6 is 0 Å². The summed E-state index contributed by atoms with van der Waals surface area (Å²) in [5, 5.41) is 3.35. The lowest BCUT2D eigenvalue weighted by Crippen LogP contribution is -2.32. The zero-order chi connectivity index (χ0) is 12.4. The van der Waals surface area contributed by atoms with Gasteiger partial charge in [0.15, 0.2) is 0 Å². The molecule has 0 radical (unpaired) electrons. The van der Waals surface area contributed by atoms with E-state index in [0.29, 0.717) is 0 Å². The first-order chi connectivity index (χ1) is 8.86. The molecule has 4 heteroatoms. The van der Waals surface area contributed by atoms with Gasteiger partial charge in [-0.15, -0.1) is 0 Å². The van der Waals surface area contributed by atoms with Crippen LogP contribution in [0.25, 0.3) is 0 Å². The van der Waals surface area contributed by atoms with Crippen LogP contribution in [0.15, 0.2) is 12.4 Å². The topological polar surface area (TPSA) is 41.1 Å². The van der Waals surface area contributed by atoms with Crippen LogP contribution in [0.1, 0.15) is 38.3 Å². The van der Waals surface area contributed by atoms with Crippen molar-refractivity contribution in [3.05, 3.63) is 18.1 Å². The highest BCUT2D eigenvalue weighted by atomic mass is 15.2. The Kier molecular flexibility index (Phi) is 3.46. The van der Waals surface area contributed by atoms with E-state index in [9.17, 15) is 0 Å². The van der Waals surface area contributed by atoms with Crippen LogP contribution in [0.2, 0.25) is 0 Å². The molecule has 1 saturated carbocycles.